The number of methoxy groups -OCH3 is 1. The Kier molecular flexibility index (Phi) is 6.31. The number of fused-ring (bicyclic) bond motifs is 7. The first-order valence-electron chi connectivity index (χ1n) is 14.3. The average Bonchev–Trinajstić information content (AvgIpc) is 3.49. The van der Waals surface area contributed by atoms with Gasteiger partial charge in [0.15, 0.2) is 0 Å². The van der Waals surface area contributed by atoms with Crippen molar-refractivity contribution in [2.45, 2.75) is 51.0 Å². The Labute approximate surface area is 242 Å². The van der Waals surface area contributed by atoms with Gasteiger partial charge in [0.25, 0.3) is 5.91 Å². The van der Waals surface area contributed by atoms with Crippen molar-refractivity contribution in [3.8, 4) is 28.3 Å². The maximum atomic E-state index is 12.8. The molecule has 2 amide bonds. The molecule has 208 valence electrons. The van der Waals surface area contributed by atoms with E-state index >= 15 is 0 Å². The van der Waals surface area contributed by atoms with Crippen molar-refractivity contribution >= 4 is 44.3 Å². The molecular formula is C33H32N4O3S. The predicted octanol–water partition coefficient (Wildman–Crippen LogP) is 6.40. The number of benzene rings is 2. The molecule has 4 N–H and O–H groups in total. The van der Waals surface area contributed by atoms with Gasteiger partial charge in [-0.15, -0.1) is 11.3 Å². The van der Waals surface area contributed by atoms with Crippen LogP contribution in [0.4, 0.5) is 0 Å². The van der Waals surface area contributed by atoms with Gasteiger partial charge in [0, 0.05) is 23.1 Å². The van der Waals surface area contributed by atoms with Gasteiger partial charge in [0.2, 0.25) is 5.91 Å². The van der Waals surface area contributed by atoms with Crippen LogP contribution in [0.5, 0.6) is 5.75 Å². The number of thiophene rings is 1. The minimum absolute atomic E-state index is 0.324. The third-order valence-electron chi connectivity index (χ3n) is 8.91. The quantitative estimate of drug-likeness (QED) is 0.257. The Morgan fingerprint density at radius 2 is 1.78 bits per heavy atom. The van der Waals surface area contributed by atoms with E-state index in [1.165, 1.54) is 36.2 Å². The van der Waals surface area contributed by atoms with Crippen LogP contribution in [-0.4, -0.2) is 28.5 Å². The molecule has 3 aromatic heterocycles. The van der Waals surface area contributed by atoms with E-state index in [1.807, 2.05) is 36.4 Å². The predicted molar refractivity (Wildman–Crippen MR) is 163 cm³/mol. The average molecular weight is 565 g/mol. The van der Waals surface area contributed by atoms with Crippen molar-refractivity contribution in [3.05, 3.63) is 70.6 Å². The number of nitrogens with two attached hydrogens (primary N) is 2. The van der Waals surface area contributed by atoms with Crippen molar-refractivity contribution in [2.24, 2.45) is 17.4 Å². The van der Waals surface area contributed by atoms with E-state index in [9.17, 15) is 9.59 Å². The highest BCUT2D eigenvalue weighted by molar-refractivity contribution is 7.21. The summed E-state index contributed by atoms with van der Waals surface area (Å²) in [6.45, 7) is 0.469. The Hall–Kier alpha value is -4.17. The highest BCUT2D eigenvalue weighted by atomic mass is 32.1. The van der Waals surface area contributed by atoms with Crippen LogP contribution >= 0.6 is 11.3 Å². The minimum atomic E-state index is -0.416. The van der Waals surface area contributed by atoms with E-state index < -0.39 is 11.8 Å². The summed E-state index contributed by atoms with van der Waals surface area (Å²) < 4.78 is 8.67. The van der Waals surface area contributed by atoms with Gasteiger partial charge in [-0.25, -0.2) is 4.98 Å². The number of ether oxygens (including phenoxy) is 1. The summed E-state index contributed by atoms with van der Waals surface area (Å²) in [6.07, 6.45) is 6.40. The van der Waals surface area contributed by atoms with Crippen LogP contribution in [0.1, 0.15) is 58.8 Å². The van der Waals surface area contributed by atoms with E-state index in [4.69, 9.17) is 21.2 Å². The molecule has 7 nitrogen and oxygen atoms in total. The lowest BCUT2D eigenvalue weighted by molar-refractivity contribution is -0.122. The van der Waals surface area contributed by atoms with Gasteiger partial charge in [0.05, 0.1) is 45.0 Å². The molecule has 1 atom stereocenters. The van der Waals surface area contributed by atoms with Gasteiger partial charge in [-0.2, -0.15) is 0 Å². The maximum Gasteiger partial charge on any atom is 0.258 e. The van der Waals surface area contributed by atoms with E-state index in [1.54, 1.807) is 7.11 Å². The molecule has 1 fully saturated rings. The number of pyridine rings is 1. The fraction of sp³-hybridized carbons (Fsp3) is 0.303. The van der Waals surface area contributed by atoms with Gasteiger partial charge in [-0.1, -0.05) is 31.4 Å². The van der Waals surface area contributed by atoms with E-state index in [2.05, 4.69) is 22.8 Å². The van der Waals surface area contributed by atoms with Crippen molar-refractivity contribution in [3.63, 3.8) is 0 Å². The summed E-state index contributed by atoms with van der Waals surface area (Å²) >= 11 is 1.48. The Bertz CT molecular complexity index is 1830. The zero-order chi connectivity index (χ0) is 28.2. The molecule has 2 aromatic carbocycles. The smallest absolute Gasteiger partial charge is 0.258 e. The van der Waals surface area contributed by atoms with E-state index in [0.29, 0.717) is 23.8 Å². The van der Waals surface area contributed by atoms with Crippen LogP contribution in [0, 0.1) is 5.92 Å². The number of hydrogen-bond donors (Lipinski definition) is 2. The third kappa shape index (κ3) is 4.28. The number of hydrogen-bond acceptors (Lipinski definition) is 5. The number of amides is 2. The van der Waals surface area contributed by atoms with Crippen LogP contribution in [0.25, 0.3) is 43.6 Å². The van der Waals surface area contributed by atoms with Crippen LogP contribution in [-0.2, 0) is 17.8 Å². The van der Waals surface area contributed by atoms with Crippen molar-refractivity contribution in [2.75, 3.05) is 7.11 Å². The second-order valence-electron chi connectivity index (χ2n) is 11.3. The minimum Gasteiger partial charge on any atom is -0.497 e. The summed E-state index contributed by atoms with van der Waals surface area (Å²) in [4.78, 5) is 30.6. The first-order valence-corrected chi connectivity index (χ1v) is 15.1. The molecule has 0 radical (unpaired) electrons. The second kappa shape index (κ2) is 10.0. The maximum absolute atomic E-state index is 12.8. The molecule has 7 rings (SSSR count). The topological polar surface area (TPSA) is 113 Å². The fourth-order valence-corrected chi connectivity index (χ4v) is 8.01. The molecule has 2 aliphatic rings. The number of aromatic nitrogens is 2. The van der Waals surface area contributed by atoms with Crippen molar-refractivity contribution < 1.29 is 14.3 Å². The van der Waals surface area contributed by atoms with Gasteiger partial charge in [-0.05, 0) is 78.8 Å². The zero-order valence-electron chi connectivity index (χ0n) is 23.0. The normalized spacial score (nSPS) is 17.2. The molecular weight excluding hydrogens is 532 g/mol. The highest BCUT2D eigenvalue weighted by Crippen LogP contribution is 2.49. The van der Waals surface area contributed by atoms with E-state index in [0.717, 1.165) is 67.8 Å². The number of carbonyl (C=O) groups is 2. The number of nitrogens with zero attached hydrogens (tertiary/aromatic N) is 2. The molecule has 4 heterocycles. The number of rotatable bonds is 5. The second-order valence-corrected chi connectivity index (χ2v) is 12.3. The lowest BCUT2D eigenvalue weighted by Crippen LogP contribution is -2.28. The van der Waals surface area contributed by atoms with Gasteiger partial charge < -0.3 is 20.8 Å². The SMILES string of the molecule is COc1ccc(-c2ccc3c4c(ccc3n2)-c2c(C3CCCCC3)c3sc(C(N)=O)cc3n2CC(C(N)=O)C4)cc1. The lowest BCUT2D eigenvalue weighted by atomic mass is 9.82. The van der Waals surface area contributed by atoms with Gasteiger partial charge in [0.1, 0.15) is 5.75 Å². The zero-order valence-corrected chi connectivity index (χ0v) is 23.8. The Morgan fingerprint density at radius 3 is 2.49 bits per heavy atom. The number of carbonyl (C=O) groups excluding carboxylic acids is 2. The molecule has 8 heteroatoms. The van der Waals surface area contributed by atoms with Crippen molar-refractivity contribution in [1.82, 2.24) is 9.55 Å². The van der Waals surface area contributed by atoms with Gasteiger partial charge >= 0.3 is 0 Å². The van der Waals surface area contributed by atoms with E-state index in [-0.39, 0.29) is 5.91 Å². The Balaban J connectivity index is 1.46. The summed E-state index contributed by atoms with van der Waals surface area (Å²) in [5.74, 6) is 0.0621. The summed E-state index contributed by atoms with van der Waals surface area (Å²) in [5.41, 5.74) is 20.2. The first kappa shape index (κ1) is 25.8. The molecule has 0 spiro atoms. The summed E-state index contributed by atoms with van der Waals surface area (Å²) in [6, 6.07) is 18.2. The standard InChI is InChI=1S/C33H32N4O3S/c1-40-21-9-7-18(8-10-21)25-13-11-22-24-15-20(32(34)38)17-37-27-16-28(33(35)39)41-31(27)29(19-5-3-2-4-6-19)30(37)23(24)12-14-26(22)36-25/h7-14,16,19-20H,2-6,15,17H2,1H3,(H2,34,38)(H2,35,39). The van der Waals surface area contributed by atoms with Crippen molar-refractivity contribution in [1.29, 1.82) is 0 Å². The van der Waals surface area contributed by atoms with Crippen LogP contribution in [0.15, 0.2) is 54.6 Å². The van der Waals surface area contributed by atoms with Crippen LogP contribution < -0.4 is 16.2 Å². The van der Waals surface area contributed by atoms with Crippen LogP contribution in [0.2, 0.25) is 0 Å². The summed E-state index contributed by atoms with van der Waals surface area (Å²) in [5, 5.41) is 1.04. The third-order valence-corrected chi connectivity index (χ3v) is 10.1. The Morgan fingerprint density at radius 1 is 1.00 bits per heavy atom. The molecule has 1 aliphatic carbocycles. The number of primary amides is 2. The largest absolute Gasteiger partial charge is 0.497 e. The van der Waals surface area contributed by atoms with Crippen LogP contribution in [0.3, 0.4) is 0 Å². The molecule has 1 saturated carbocycles. The molecule has 41 heavy (non-hydrogen) atoms. The monoisotopic (exact) mass is 564 g/mol. The molecule has 5 aromatic rings. The fourth-order valence-electron chi connectivity index (χ4n) is 6.87. The first-order chi connectivity index (χ1) is 19.9. The highest BCUT2D eigenvalue weighted by Gasteiger charge is 2.34. The molecule has 1 aliphatic heterocycles. The van der Waals surface area contributed by atoms with Gasteiger partial charge in [-0.3, -0.25) is 9.59 Å². The molecule has 1 unspecified atom stereocenters. The lowest BCUT2D eigenvalue weighted by Gasteiger charge is -2.24. The summed E-state index contributed by atoms with van der Waals surface area (Å²) in [7, 11) is 1.66. The molecule has 0 saturated heterocycles. The molecule has 0 bridgehead atoms.